The number of amides is 1. The second-order valence-electron chi connectivity index (χ2n) is 8.95. The Balaban J connectivity index is 1.54. The number of methoxy groups -OCH3 is 2. The predicted octanol–water partition coefficient (Wildman–Crippen LogP) is 4.08. The van der Waals surface area contributed by atoms with Gasteiger partial charge in [0.05, 0.1) is 26.2 Å². The summed E-state index contributed by atoms with van der Waals surface area (Å²) in [7, 11) is 3.13. The molecule has 1 aliphatic heterocycles. The molecule has 0 saturated heterocycles. The summed E-state index contributed by atoms with van der Waals surface area (Å²) < 4.78 is 22.2. The van der Waals surface area contributed by atoms with Crippen LogP contribution in [0.25, 0.3) is 11.0 Å². The van der Waals surface area contributed by atoms with Gasteiger partial charge in [-0.25, -0.2) is 4.79 Å². The molecule has 174 valence electrons. The molecule has 4 rings (SSSR count). The zero-order valence-electron chi connectivity index (χ0n) is 19.7. The van der Waals surface area contributed by atoms with Crippen LogP contribution in [0.2, 0.25) is 0 Å². The molecule has 0 unspecified atom stereocenters. The number of hydrogen-bond acceptors (Lipinski definition) is 6. The summed E-state index contributed by atoms with van der Waals surface area (Å²) in [6.45, 7) is 6.25. The van der Waals surface area contributed by atoms with E-state index in [1.165, 1.54) is 0 Å². The highest BCUT2D eigenvalue weighted by atomic mass is 16.5. The molecule has 0 atom stereocenters. The lowest BCUT2D eigenvalue weighted by molar-refractivity contribution is -0.120. The first-order valence-electron chi connectivity index (χ1n) is 11.0. The zero-order valence-corrected chi connectivity index (χ0v) is 19.7. The van der Waals surface area contributed by atoms with Crippen molar-refractivity contribution in [2.24, 2.45) is 0 Å². The Morgan fingerprint density at radius 1 is 1.12 bits per heavy atom. The molecule has 2 heterocycles. The van der Waals surface area contributed by atoms with Gasteiger partial charge in [0, 0.05) is 18.0 Å². The Morgan fingerprint density at radius 2 is 1.88 bits per heavy atom. The van der Waals surface area contributed by atoms with Crippen LogP contribution in [-0.2, 0) is 24.2 Å². The van der Waals surface area contributed by atoms with Crippen LogP contribution in [-0.4, -0.2) is 25.7 Å². The maximum absolute atomic E-state index is 12.7. The minimum absolute atomic E-state index is 0.0575. The SMILES string of the molecule is COc1ccc(CNC(=O)Cc2c(C)c3cc4c(cc3oc2=O)OC(C)(C)CC4)cc1OC. The number of hydrogen-bond donors (Lipinski definition) is 1. The van der Waals surface area contributed by atoms with Crippen molar-refractivity contribution < 1.29 is 23.4 Å². The number of carbonyl (C=O) groups is 1. The van der Waals surface area contributed by atoms with Crippen molar-refractivity contribution in [3.63, 3.8) is 0 Å². The highest BCUT2D eigenvalue weighted by Crippen LogP contribution is 2.36. The lowest BCUT2D eigenvalue weighted by Gasteiger charge is -2.32. The fourth-order valence-corrected chi connectivity index (χ4v) is 4.15. The van der Waals surface area contributed by atoms with Gasteiger partial charge in [0.15, 0.2) is 11.5 Å². The summed E-state index contributed by atoms with van der Waals surface area (Å²) in [6.07, 6.45) is 1.74. The molecule has 2 aromatic carbocycles. The third-order valence-electron chi connectivity index (χ3n) is 6.13. The lowest BCUT2D eigenvalue weighted by atomic mass is 9.92. The second-order valence-corrected chi connectivity index (χ2v) is 8.95. The Bertz CT molecular complexity index is 1270. The molecule has 0 spiro atoms. The van der Waals surface area contributed by atoms with Crippen LogP contribution in [0, 0.1) is 6.92 Å². The summed E-state index contributed by atoms with van der Waals surface area (Å²) >= 11 is 0. The van der Waals surface area contributed by atoms with E-state index in [-0.39, 0.29) is 17.9 Å². The summed E-state index contributed by atoms with van der Waals surface area (Å²) in [5, 5.41) is 3.69. The lowest BCUT2D eigenvalue weighted by Crippen LogP contribution is -2.32. The van der Waals surface area contributed by atoms with Gasteiger partial charge in [-0.1, -0.05) is 6.07 Å². The summed E-state index contributed by atoms with van der Waals surface area (Å²) in [5.41, 5.74) is 2.79. The fourth-order valence-electron chi connectivity index (χ4n) is 4.15. The van der Waals surface area contributed by atoms with Gasteiger partial charge >= 0.3 is 5.63 Å². The number of benzene rings is 2. The third-order valence-corrected chi connectivity index (χ3v) is 6.13. The molecule has 1 amide bonds. The van der Waals surface area contributed by atoms with Crippen molar-refractivity contribution in [1.82, 2.24) is 5.32 Å². The first-order chi connectivity index (χ1) is 15.7. The number of nitrogens with one attached hydrogen (secondary N) is 1. The standard InChI is InChI=1S/C26H29NO6/c1-15-18-11-17-8-9-26(2,3)33-21(17)13-22(18)32-25(29)19(15)12-24(28)27-14-16-6-7-20(30-4)23(10-16)31-5/h6-7,10-11,13H,8-9,12,14H2,1-5H3,(H,27,28). The molecule has 0 radical (unpaired) electrons. The maximum atomic E-state index is 12.7. The van der Waals surface area contributed by atoms with Gasteiger partial charge < -0.3 is 23.9 Å². The van der Waals surface area contributed by atoms with E-state index < -0.39 is 5.63 Å². The first kappa shape index (κ1) is 22.7. The van der Waals surface area contributed by atoms with Crippen molar-refractivity contribution in [2.45, 2.75) is 52.2 Å². The summed E-state index contributed by atoms with van der Waals surface area (Å²) in [6, 6.07) is 9.25. The average Bonchev–Trinajstić information content (AvgIpc) is 2.78. The van der Waals surface area contributed by atoms with Crippen LogP contribution in [0.4, 0.5) is 0 Å². The normalized spacial score (nSPS) is 14.3. The van der Waals surface area contributed by atoms with Crippen molar-refractivity contribution >= 4 is 16.9 Å². The van der Waals surface area contributed by atoms with E-state index in [1.807, 2.05) is 32.9 Å². The van der Waals surface area contributed by atoms with E-state index in [9.17, 15) is 9.59 Å². The monoisotopic (exact) mass is 451 g/mol. The number of aryl methyl sites for hydroxylation is 2. The molecular formula is C26H29NO6. The van der Waals surface area contributed by atoms with Gasteiger partial charge in [-0.05, 0) is 68.5 Å². The van der Waals surface area contributed by atoms with E-state index in [1.54, 1.807) is 32.4 Å². The Labute approximate surface area is 192 Å². The zero-order chi connectivity index (χ0) is 23.8. The van der Waals surface area contributed by atoms with Crippen LogP contribution in [0.5, 0.6) is 17.2 Å². The quantitative estimate of drug-likeness (QED) is 0.569. The van der Waals surface area contributed by atoms with Gasteiger partial charge in [-0.2, -0.15) is 0 Å². The Morgan fingerprint density at radius 3 is 2.61 bits per heavy atom. The van der Waals surface area contributed by atoms with Crippen LogP contribution in [0.1, 0.15) is 42.5 Å². The summed E-state index contributed by atoms with van der Waals surface area (Å²) in [5.74, 6) is 1.70. The molecule has 0 bridgehead atoms. The van der Waals surface area contributed by atoms with E-state index in [0.717, 1.165) is 40.7 Å². The highest BCUT2D eigenvalue weighted by molar-refractivity contribution is 5.86. The number of carbonyl (C=O) groups excluding carboxylic acids is 1. The van der Waals surface area contributed by atoms with Gasteiger partial charge in [-0.3, -0.25) is 4.79 Å². The van der Waals surface area contributed by atoms with Gasteiger partial charge in [0.2, 0.25) is 5.91 Å². The largest absolute Gasteiger partial charge is 0.493 e. The number of fused-ring (bicyclic) bond motifs is 2. The molecule has 1 aliphatic rings. The molecular weight excluding hydrogens is 422 g/mol. The van der Waals surface area contributed by atoms with Crippen molar-refractivity contribution in [1.29, 1.82) is 0 Å². The topological polar surface area (TPSA) is 87.0 Å². The maximum Gasteiger partial charge on any atom is 0.340 e. The van der Waals surface area contributed by atoms with Crippen LogP contribution in [0.3, 0.4) is 0 Å². The van der Waals surface area contributed by atoms with E-state index in [4.69, 9.17) is 18.6 Å². The molecule has 1 N–H and O–H groups in total. The molecule has 3 aromatic rings. The summed E-state index contributed by atoms with van der Waals surface area (Å²) in [4.78, 5) is 25.3. The second kappa shape index (κ2) is 8.81. The van der Waals surface area contributed by atoms with Crippen LogP contribution in [0.15, 0.2) is 39.5 Å². The van der Waals surface area contributed by atoms with E-state index >= 15 is 0 Å². The molecule has 0 aliphatic carbocycles. The van der Waals surface area contributed by atoms with Crippen molar-refractivity contribution in [3.05, 3.63) is 63.0 Å². The first-order valence-corrected chi connectivity index (χ1v) is 11.0. The predicted molar refractivity (Wildman–Crippen MR) is 125 cm³/mol. The van der Waals surface area contributed by atoms with Gasteiger partial charge in [-0.15, -0.1) is 0 Å². The van der Waals surface area contributed by atoms with E-state index in [2.05, 4.69) is 5.32 Å². The van der Waals surface area contributed by atoms with E-state index in [0.29, 0.717) is 29.2 Å². The number of rotatable bonds is 6. The Hall–Kier alpha value is -3.48. The molecule has 7 heteroatoms. The highest BCUT2D eigenvalue weighted by Gasteiger charge is 2.27. The molecule has 33 heavy (non-hydrogen) atoms. The van der Waals surface area contributed by atoms with Crippen molar-refractivity contribution in [2.75, 3.05) is 14.2 Å². The van der Waals surface area contributed by atoms with Gasteiger partial charge in [0.1, 0.15) is 16.9 Å². The molecule has 7 nitrogen and oxygen atoms in total. The molecule has 1 aromatic heterocycles. The number of ether oxygens (including phenoxy) is 3. The minimum atomic E-state index is -0.503. The van der Waals surface area contributed by atoms with Crippen LogP contribution < -0.4 is 25.2 Å². The smallest absolute Gasteiger partial charge is 0.340 e. The Kier molecular flexibility index (Phi) is 6.06. The average molecular weight is 452 g/mol. The fraction of sp³-hybridized carbons (Fsp3) is 0.385. The molecule has 0 saturated carbocycles. The van der Waals surface area contributed by atoms with Crippen molar-refractivity contribution in [3.8, 4) is 17.2 Å². The van der Waals surface area contributed by atoms with Gasteiger partial charge in [0.25, 0.3) is 0 Å². The molecule has 0 fully saturated rings. The van der Waals surface area contributed by atoms with Crippen LogP contribution >= 0.6 is 0 Å². The minimum Gasteiger partial charge on any atom is -0.493 e. The third kappa shape index (κ3) is 4.67.